The van der Waals surface area contributed by atoms with Gasteiger partial charge in [-0.05, 0) is 12.8 Å². The van der Waals surface area contributed by atoms with Gasteiger partial charge in [0.1, 0.15) is 16.3 Å². The molecule has 3 N–H and O–H groups in total. The summed E-state index contributed by atoms with van der Waals surface area (Å²) in [7, 11) is 0. The number of nitrogens with one attached hydrogen (secondary N) is 1. The second-order valence-corrected chi connectivity index (χ2v) is 3.25. The molecule has 0 bridgehead atoms. The quantitative estimate of drug-likeness (QED) is 0.625. The highest BCUT2D eigenvalue weighted by Gasteiger charge is 2.25. The van der Waals surface area contributed by atoms with Crippen molar-refractivity contribution in [1.29, 1.82) is 0 Å². The van der Waals surface area contributed by atoms with Crippen LogP contribution in [-0.4, -0.2) is 9.97 Å². The van der Waals surface area contributed by atoms with Crippen LogP contribution in [0, 0.1) is 4.64 Å². The topological polar surface area (TPSA) is 54.7 Å². The Balaban J connectivity index is 2.47. The zero-order valence-electron chi connectivity index (χ0n) is 6.00. The molecule has 0 atom stereocenters. The maximum atomic E-state index is 5.56. The predicted octanol–water partition coefficient (Wildman–Crippen LogP) is 1.60. The van der Waals surface area contributed by atoms with Crippen LogP contribution in [0.5, 0.6) is 0 Å². The molecule has 0 aromatic carbocycles. The third kappa shape index (κ3) is 1.40. The normalized spacial score (nSPS) is 16.7. The molecular weight excluding hydrogens is 158 g/mol. The van der Waals surface area contributed by atoms with Gasteiger partial charge in [0.2, 0.25) is 0 Å². The van der Waals surface area contributed by atoms with Gasteiger partial charge in [0, 0.05) is 12.0 Å². The predicted molar refractivity (Wildman–Crippen MR) is 45.8 cm³/mol. The highest BCUT2D eigenvalue weighted by atomic mass is 32.1. The fourth-order valence-corrected chi connectivity index (χ4v) is 1.27. The molecule has 1 fully saturated rings. The first kappa shape index (κ1) is 6.79. The van der Waals surface area contributed by atoms with Crippen LogP contribution in [0.4, 0.5) is 5.82 Å². The molecular formula is C7H9N3S. The van der Waals surface area contributed by atoms with Crippen LogP contribution >= 0.6 is 12.2 Å². The summed E-state index contributed by atoms with van der Waals surface area (Å²) in [6.07, 6.45) is 2.42. The highest BCUT2D eigenvalue weighted by molar-refractivity contribution is 7.71. The second-order valence-electron chi connectivity index (χ2n) is 2.83. The van der Waals surface area contributed by atoms with Crippen LogP contribution in [-0.2, 0) is 0 Å². The van der Waals surface area contributed by atoms with Crippen molar-refractivity contribution in [2.24, 2.45) is 0 Å². The monoisotopic (exact) mass is 167 g/mol. The molecule has 0 radical (unpaired) electrons. The van der Waals surface area contributed by atoms with E-state index in [0.717, 1.165) is 5.82 Å². The molecule has 1 saturated carbocycles. The lowest BCUT2D eigenvalue weighted by Gasteiger charge is -1.98. The standard InChI is InChI=1S/C7H9N3S/c8-5-3-6(11)10-7(9-5)4-1-2-4/h3-4H,1-2H2,(H3,8,9,10,11). The van der Waals surface area contributed by atoms with Crippen molar-refractivity contribution in [3.63, 3.8) is 0 Å². The van der Waals surface area contributed by atoms with Gasteiger partial charge in [-0.15, -0.1) is 0 Å². The van der Waals surface area contributed by atoms with Gasteiger partial charge in [0.25, 0.3) is 0 Å². The lowest BCUT2D eigenvalue weighted by atomic mass is 10.4. The minimum Gasteiger partial charge on any atom is -0.385 e. The zero-order valence-corrected chi connectivity index (χ0v) is 6.82. The summed E-state index contributed by atoms with van der Waals surface area (Å²) in [5.41, 5.74) is 5.56. The van der Waals surface area contributed by atoms with E-state index in [1.165, 1.54) is 12.8 Å². The van der Waals surface area contributed by atoms with Crippen LogP contribution in [0.15, 0.2) is 6.07 Å². The summed E-state index contributed by atoms with van der Waals surface area (Å²) in [4.78, 5) is 7.19. The second kappa shape index (κ2) is 2.30. The van der Waals surface area contributed by atoms with Gasteiger partial charge in [-0.3, -0.25) is 0 Å². The highest BCUT2D eigenvalue weighted by Crippen LogP contribution is 2.37. The van der Waals surface area contributed by atoms with Crippen molar-refractivity contribution in [3.8, 4) is 0 Å². The minimum atomic E-state index is 0.584. The van der Waals surface area contributed by atoms with Gasteiger partial charge in [0.05, 0.1) is 0 Å². The van der Waals surface area contributed by atoms with Gasteiger partial charge in [-0.2, -0.15) is 0 Å². The lowest BCUT2D eigenvalue weighted by Crippen LogP contribution is -1.97. The Morgan fingerprint density at radius 3 is 2.91 bits per heavy atom. The number of rotatable bonds is 1. The van der Waals surface area contributed by atoms with Crippen LogP contribution in [0.2, 0.25) is 0 Å². The lowest BCUT2D eigenvalue weighted by molar-refractivity contribution is 0.926. The third-order valence-electron chi connectivity index (χ3n) is 1.75. The Morgan fingerprint density at radius 2 is 2.36 bits per heavy atom. The average Bonchev–Trinajstić information content (AvgIpc) is 2.64. The zero-order chi connectivity index (χ0) is 7.84. The number of aromatic nitrogens is 2. The van der Waals surface area contributed by atoms with E-state index in [1.807, 2.05) is 0 Å². The van der Waals surface area contributed by atoms with Gasteiger partial charge in [0.15, 0.2) is 0 Å². The van der Waals surface area contributed by atoms with E-state index in [2.05, 4.69) is 9.97 Å². The number of hydrogen-bond donors (Lipinski definition) is 2. The molecule has 0 unspecified atom stereocenters. The van der Waals surface area contributed by atoms with Gasteiger partial charge >= 0.3 is 0 Å². The summed E-state index contributed by atoms with van der Waals surface area (Å²) in [5, 5.41) is 0. The number of nitrogens with two attached hydrogens (primary N) is 1. The van der Waals surface area contributed by atoms with Crippen LogP contribution < -0.4 is 5.73 Å². The van der Waals surface area contributed by atoms with Crippen LogP contribution in [0.3, 0.4) is 0 Å². The van der Waals surface area contributed by atoms with Gasteiger partial charge < -0.3 is 10.7 Å². The molecule has 58 valence electrons. The summed E-state index contributed by atoms with van der Waals surface area (Å²) in [5.74, 6) is 2.15. The largest absolute Gasteiger partial charge is 0.385 e. The Bertz CT molecular complexity index is 327. The van der Waals surface area contributed by atoms with E-state index >= 15 is 0 Å². The van der Waals surface area contributed by atoms with Crippen molar-refractivity contribution in [2.45, 2.75) is 18.8 Å². The van der Waals surface area contributed by atoms with Crippen molar-refractivity contribution in [2.75, 3.05) is 5.73 Å². The van der Waals surface area contributed by atoms with Crippen LogP contribution in [0.1, 0.15) is 24.6 Å². The summed E-state index contributed by atoms with van der Waals surface area (Å²) < 4.78 is 0.586. The molecule has 1 heterocycles. The van der Waals surface area contributed by atoms with E-state index in [1.54, 1.807) is 6.07 Å². The number of hydrogen-bond acceptors (Lipinski definition) is 3. The molecule has 2 rings (SSSR count). The SMILES string of the molecule is Nc1cc(=S)nc(C2CC2)[nH]1. The van der Waals surface area contributed by atoms with E-state index in [4.69, 9.17) is 18.0 Å². The molecule has 4 heteroatoms. The average molecular weight is 167 g/mol. The molecule has 1 aliphatic carbocycles. The fraction of sp³-hybridized carbons (Fsp3) is 0.429. The van der Waals surface area contributed by atoms with Gasteiger partial charge in [-0.1, -0.05) is 12.2 Å². The Morgan fingerprint density at radius 1 is 1.64 bits per heavy atom. The Kier molecular flexibility index (Phi) is 1.42. The number of aromatic amines is 1. The van der Waals surface area contributed by atoms with Crippen molar-refractivity contribution in [1.82, 2.24) is 9.97 Å². The molecule has 0 aliphatic heterocycles. The molecule has 1 aliphatic rings. The smallest absolute Gasteiger partial charge is 0.131 e. The van der Waals surface area contributed by atoms with Crippen molar-refractivity contribution < 1.29 is 0 Å². The van der Waals surface area contributed by atoms with Gasteiger partial charge in [-0.25, -0.2) is 4.98 Å². The maximum absolute atomic E-state index is 5.56. The molecule has 3 nitrogen and oxygen atoms in total. The summed E-state index contributed by atoms with van der Waals surface area (Å²) in [6, 6.07) is 1.67. The maximum Gasteiger partial charge on any atom is 0.131 e. The first-order valence-electron chi connectivity index (χ1n) is 3.62. The third-order valence-corrected chi connectivity index (χ3v) is 1.96. The number of H-pyrrole nitrogens is 1. The first-order chi connectivity index (χ1) is 5.25. The summed E-state index contributed by atoms with van der Waals surface area (Å²) >= 11 is 4.92. The van der Waals surface area contributed by atoms with Crippen molar-refractivity contribution >= 4 is 18.0 Å². The minimum absolute atomic E-state index is 0.584. The van der Waals surface area contributed by atoms with Crippen molar-refractivity contribution in [3.05, 3.63) is 16.5 Å². The van der Waals surface area contributed by atoms with E-state index < -0.39 is 0 Å². The first-order valence-corrected chi connectivity index (χ1v) is 4.03. The molecule has 0 saturated heterocycles. The molecule has 0 amide bonds. The molecule has 11 heavy (non-hydrogen) atoms. The molecule has 1 aromatic heterocycles. The fourth-order valence-electron chi connectivity index (χ4n) is 1.05. The Hall–Kier alpha value is -0.900. The van der Waals surface area contributed by atoms with Crippen LogP contribution in [0.25, 0.3) is 0 Å². The number of nitrogen functional groups attached to an aromatic ring is 1. The number of anilines is 1. The molecule has 1 aromatic rings. The summed E-state index contributed by atoms with van der Waals surface area (Å²) in [6.45, 7) is 0. The van der Waals surface area contributed by atoms with E-state index in [9.17, 15) is 0 Å². The Labute approximate surface area is 69.7 Å². The number of nitrogens with zero attached hydrogens (tertiary/aromatic N) is 1. The molecule has 0 spiro atoms. The van der Waals surface area contributed by atoms with E-state index in [-0.39, 0.29) is 0 Å². The van der Waals surface area contributed by atoms with E-state index in [0.29, 0.717) is 16.4 Å².